The molecule has 21 heavy (non-hydrogen) atoms. The Bertz CT molecular complexity index is 625. The third-order valence-electron chi connectivity index (χ3n) is 3.21. The first-order valence-electron chi connectivity index (χ1n) is 6.99. The molecule has 2 rings (SSSR count). The molecule has 0 aliphatic rings. The third-order valence-corrected chi connectivity index (χ3v) is 3.21. The van der Waals surface area contributed by atoms with Crippen LogP contribution in [0.3, 0.4) is 0 Å². The summed E-state index contributed by atoms with van der Waals surface area (Å²) >= 11 is 0. The molecule has 0 aliphatic heterocycles. The predicted molar refractivity (Wildman–Crippen MR) is 89.0 cm³/mol. The zero-order valence-corrected chi connectivity index (χ0v) is 12.3. The van der Waals surface area contributed by atoms with Crippen LogP contribution in [0.5, 0.6) is 0 Å². The highest BCUT2D eigenvalue weighted by Crippen LogP contribution is 2.15. The van der Waals surface area contributed by atoms with E-state index in [4.69, 9.17) is 5.73 Å². The second-order valence-corrected chi connectivity index (χ2v) is 5.27. The van der Waals surface area contributed by atoms with Crippen molar-refractivity contribution < 1.29 is 4.79 Å². The van der Waals surface area contributed by atoms with E-state index in [1.807, 2.05) is 12.1 Å². The molecule has 108 valence electrons. The second kappa shape index (κ2) is 6.75. The van der Waals surface area contributed by atoms with Crippen molar-refractivity contribution in [3.8, 4) is 0 Å². The van der Waals surface area contributed by atoms with Gasteiger partial charge in [0, 0.05) is 17.5 Å². The normalized spacial score (nSPS) is 11.0. The molecular formula is C18H20N2O. The maximum atomic E-state index is 11.8. The van der Waals surface area contributed by atoms with E-state index >= 15 is 0 Å². The quantitative estimate of drug-likeness (QED) is 0.656. The minimum Gasteiger partial charge on any atom is -0.399 e. The lowest BCUT2D eigenvalue weighted by Gasteiger charge is -2.05. The van der Waals surface area contributed by atoms with Gasteiger partial charge in [-0.25, -0.2) is 0 Å². The lowest BCUT2D eigenvalue weighted by Crippen LogP contribution is -2.07. The summed E-state index contributed by atoms with van der Waals surface area (Å²) in [7, 11) is 0. The van der Waals surface area contributed by atoms with Gasteiger partial charge in [-0.15, -0.1) is 0 Å². The van der Waals surface area contributed by atoms with E-state index in [1.165, 1.54) is 11.6 Å². The summed E-state index contributed by atoms with van der Waals surface area (Å²) < 4.78 is 0. The monoisotopic (exact) mass is 280 g/mol. The minimum atomic E-state index is -0.160. The van der Waals surface area contributed by atoms with Crippen molar-refractivity contribution in [3.05, 3.63) is 65.7 Å². The van der Waals surface area contributed by atoms with Gasteiger partial charge in [-0.1, -0.05) is 38.1 Å². The number of benzene rings is 2. The van der Waals surface area contributed by atoms with Crippen molar-refractivity contribution in [2.75, 3.05) is 11.1 Å². The van der Waals surface area contributed by atoms with Gasteiger partial charge in [-0.05, 0) is 47.4 Å². The molecule has 0 unspecified atom stereocenters. The van der Waals surface area contributed by atoms with Crippen LogP contribution in [0.2, 0.25) is 0 Å². The van der Waals surface area contributed by atoms with Crippen molar-refractivity contribution in [2.45, 2.75) is 19.8 Å². The first-order valence-corrected chi connectivity index (χ1v) is 6.99. The molecule has 2 aromatic carbocycles. The number of carbonyl (C=O) groups excluding carboxylic acids is 1. The lowest BCUT2D eigenvalue weighted by atomic mass is 10.0. The van der Waals surface area contributed by atoms with Crippen LogP contribution in [0.4, 0.5) is 11.4 Å². The Kier molecular flexibility index (Phi) is 4.77. The summed E-state index contributed by atoms with van der Waals surface area (Å²) in [4.78, 5) is 11.8. The Hall–Kier alpha value is -2.55. The van der Waals surface area contributed by atoms with Gasteiger partial charge in [0.2, 0.25) is 5.91 Å². The van der Waals surface area contributed by atoms with Gasteiger partial charge in [0.25, 0.3) is 0 Å². The highest BCUT2D eigenvalue weighted by atomic mass is 16.1. The average molecular weight is 280 g/mol. The Labute approximate surface area is 125 Å². The SMILES string of the molecule is CC(C)c1ccc(C=CC(=O)Nc2ccc(N)cc2)cc1. The summed E-state index contributed by atoms with van der Waals surface area (Å²) in [5.41, 5.74) is 9.30. The highest BCUT2D eigenvalue weighted by Gasteiger charge is 1.99. The van der Waals surface area contributed by atoms with Gasteiger partial charge >= 0.3 is 0 Å². The van der Waals surface area contributed by atoms with Gasteiger partial charge in [0.1, 0.15) is 0 Å². The number of nitrogen functional groups attached to an aromatic ring is 1. The van der Waals surface area contributed by atoms with E-state index in [9.17, 15) is 4.79 Å². The van der Waals surface area contributed by atoms with Crippen LogP contribution in [0.1, 0.15) is 30.9 Å². The molecule has 0 bridgehead atoms. The fourth-order valence-electron chi connectivity index (χ4n) is 1.91. The minimum absolute atomic E-state index is 0.160. The van der Waals surface area contributed by atoms with E-state index in [0.29, 0.717) is 11.6 Å². The van der Waals surface area contributed by atoms with Crippen molar-refractivity contribution in [2.24, 2.45) is 0 Å². The van der Waals surface area contributed by atoms with Crippen molar-refractivity contribution >= 4 is 23.4 Å². The van der Waals surface area contributed by atoms with E-state index in [0.717, 1.165) is 11.3 Å². The van der Waals surface area contributed by atoms with Gasteiger partial charge in [0.15, 0.2) is 0 Å². The predicted octanol–water partition coefficient (Wildman–Crippen LogP) is 4.04. The maximum Gasteiger partial charge on any atom is 0.248 e. The molecule has 3 N–H and O–H groups in total. The Morgan fingerprint density at radius 3 is 2.24 bits per heavy atom. The topological polar surface area (TPSA) is 55.1 Å². The van der Waals surface area contributed by atoms with E-state index in [2.05, 4.69) is 31.3 Å². The molecule has 0 aliphatic carbocycles. The van der Waals surface area contributed by atoms with E-state index in [1.54, 1.807) is 30.3 Å². The zero-order chi connectivity index (χ0) is 15.2. The molecule has 0 saturated carbocycles. The Morgan fingerprint density at radius 1 is 1.05 bits per heavy atom. The van der Waals surface area contributed by atoms with Crippen LogP contribution < -0.4 is 11.1 Å². The number of carbonyl (C=O) groups is 1. The van der Waals surface area contributed by atoms with Crippen LogP contribution in [0, 0.1) is 0 Å². The van der Waals surface area contributed by atoms with Crippen molar-refractivity contribution in [3.63, 3.8) is 0 Å². The standard InChI is InChI=1S/C18H20N2O/c1-13(2)15-6-3-14(4-7-15)5-12-18(21)20-17-10-8-16(19)9-11-17/h3-13H,19H2,1-2H3,(H,20,21). The van der Waals surface area contributed by atoms with Crippen molar-refractivity contribution in [1.29, 1.82) is 0 Å². The Morgan fingerprint density at radius 2 is 1.67 bits per heavy atom. The summed E-state index contributed by atoms with van der Waals surface area (Å²) in [6, 6.07) is 15.3. The molecule has 0 radical (unpaired) electrons. The van der Waals surface area contributed by atoms with Gasteiger partial charge in [0.05, 0.1) is 0 Å². The summed E-state index contributed by atoms with van der Waals surface area (Å²) in [6.07, 6.45) is 3.33. The molecule has 2 aromatic rings. The summed E-state index contributed by atoms with van der Waals surface area (Å²) in [5.74, 6) is 0.351. The van der Waals surface area contributed by atoms with Gasteiger partial charge in [-0.3, -0.25) is 4.79 Å². The first kappa shape index (κ1) is 14.9. The van der Waals surface area contributed by atoms with Gasteiger partial charge < -0.3 is 11.1 Å². The number of hydrogen-bond acceptors (Lipinski definition) is 2. The van der Waals surface area contributed by atoms with Crippen LogP contribution in [-0.2, 0) is 4.79 Å². The van der Waals surface area contributed by atoms with E-state index < -0.39 is 0 Å². The highest BCUT2D eigenvalue weighted by molar-refractivity contribution is 6.01. The second-order valence-electron chi connectivity index (χ2n) is 5.27. The number of anilines is 2. The maximum absolute atomic E-state index is 11.8. The summed E-state index contributed by atoms with van der Waals surface area (Å²) in [6.45, 7) is 4.32. The molecule has 0 aromatic heterocycles. The van der Waals surface area contributed by atoms with Crippen LogP contribution in [0.15, 0.2) is 54.6 Å². The molecule has 1 amide bonds. The number of hydrogen-bond donors (Lipinski definition) is 2. The Balaban J connectivity index is 1.96. The van der Waals surface area contributed by atoms with Gasteiger partial charge in [-0.2, -0.15) is 0 Å². The van der Waals surface area contributed by atoms with Crippen LogP contribution in [0.25, 0.3) is 6.08 Å². The molecule has 3 nitrogen and oxygen atoms in total. The molecule has 0 heterocycles. The smallest absolute Gasteiger partial charge is 0.248 e. The number of amides is 1. The van der Waals surface area contributed by atoms with Crippen LogP contribution >= 0.6 is 0 Å². The molecule has 0 atom stereocenters. The average Bonchev–Trinajstić information content (AvgIpc) is 2.48. The fraction of sp³-hybridized carbons (Fsp3) is 0.167. The molecule has 0 saturated heterocycles. The van der Waals surface area contributed by atoms with Crippen molar-refractivity contribution in [1.82, 2.24) is 0 Å². The summed E-state index contributed by atoms with van der Waals surface area (Å²) in [5, 5.41) is 2.79. The number of rotatable bonds is 4. The fourth-order valence-corrected chi connectivity index (χ4v) is 1.91. The van der Waals surface area contributed by atoms with Crippen LogP contribution in [-0.4, -0.2) is 5.91 Å². The number of nitrogens with one attached hydrogen (secondary N) is 1. The van der Waals surface area contributed by atoms with E-state index in [-0.39, 0.29) is 5.91 Å². The largest absolute Gasteiger partial charge is 0.399 e. The first-order chi connectivity index (χ1) is 10.0. The molecule has 3 heteroatoms. The third kappa shape index (κ3) is 4.49. The lowest BCUT2D eigenvalue weighted by molar-refractivity contribution is -0.111. The number of nitrogens with two attached hydrogens (primary N) is 1. The molecule has 0 fully saturated rings. The zero-order valence-electron chi connectivity index (χ0n) is 12.3. The molecule has 0 spiro atoms. The molecular weight excluding hydrogens is 260 g/mol.